The zero-order valence-electron chi connectivity index (χ0n) is 17.3. The number of hydrogen-bond donors (Lipinski definition) is 4. The number of aryl methyl sites for hydroxylation is 1. The number of pyridine rings is 1. The number of urea groups is 1. The third-order valence-electron chi connectivity index (χ3n) is 4.28. The summed E-state index contributed by atoms with van der Waals surface area (Å²) in [5.41, 5.74) is 8.58. The van der Waals surface area contributed by atoms with Gasteiger partial charge < -0.3 is 26.4 Å². The maximum Gasteiger partial charge on any atom is 0.319 e. The fraction of sp³-hybridized carbons (Fsp3) is 0.238. The molecule has 0 aliphatic carbocycles. The van der Waals surface area contributed by atoms with Crippen molar-refractivity contribution in [2.24, 2.45) is 0 Å². The summed E-state index contributed by atoms with van der Waals surface area (Å²) in [4.78, 5) is 33.5. The molecule has 3 aromatic rings. The Morgan fingerprint density at radius 1 is 1.13 bits per heavy atom. The van der Waals surface area contributed by atoms with Crippen LogP contribution in [0.2, 0.25) is 0 Å². The van der Waals surface area contributed by atoms with Gasteiger partial charge in [-0.1, -0.05) is 6.07 Å². The number of thiazole rings is 1. The van der Waals surface area contributed by atoms with Crippen molar-refractivity contribution in [3.63, 3.8) is 0 Å². The zero-order chi connectivity index (χ0) is 22.2. The Balaban J connectivity index is 1.57. The quantitative estimate of drug-likeness (QED) is 0.398. The van der Waals surface area contributed by atoms with Crippen molar-refractivity contribution in [3.8, 4) is 10.6 Å². The number of nitrogens with two attached hydrogens (primary N) is 1. The number of hydrogen-bond acceptors (Lipinski definition) is 7. The molecule has 2 aromatic heterocycles. The van der Waals surface area contributed by atoms with Gasteiger partial charge in [-0.3, -0.25) is 4.79 Å². The standard InChI is InChI=1S/C21H24N6O3S/c1-13-18(19(28)23-9-10-30-2)31-20(26-13)15-4-6-16(7-5-15)27-21(29)25-12-14-3-8-17(22)24-11-14/h3-8,11H,9-10,12H2,1-2H3,(H2,22,24)(H,23,28)(H2,25,27,29). The second kappa shape index (κ2) is 10.5. The van der Waals surface area contributed by atoms with E-state index in [1.165, 1.54) is 11.3 Å². The molecule has 0 saturated heterocycles. The molecular weight excluding hydrogens is 416 g/mol. The molecule has 9 nitrogen and oxygen atoms in total. The fourth-order valence-electron chi connectivity index (χ4n) is 2.67. The zero-order valence-corrected chi connectivity index (χ0v) is 18.1. The summed E-state index contributed by atoms with van der Waals surface area (Å²) in [5, 5.41) is 9.08. The van der Waals surface area contributed by atoms with Gasteiger partial charge in [-0.25, -0.2) is 14.8 Å². The third-order valence-corrected chi connectivity index (χ3v) is 5.49. The number of ether oxygens (including phenoxy) is 1. The molecule has 31 heavy (non-hydrogen) atoms. The molecule has 1 aromatic carbocycles. The monoisotopic (exact) mass is 440 g/mol. The Morgan fingerprint density at radius 3 is 2.58 bits per heavy atom. The van der Waals surface area contributed by atoms with Crippen LogP contribution in [-0.4, -0.2) is 42.2 Å². The van der Waals surface area contributed by atoms with E-state index in [4.69, 9.17) is 10.5 Å². The molecule has 3 amide bonds. The van der Waals surface area contributed by atoms with E-state index >= 15 is 0 Å². The molecule has 0 spiro atoms. The van der Waals surface area contributed by atoms with Crippen molar-refractivity contribution in [2.45, 2.75) is 13.5 Å². The largest absolute Gasteiger partial charge is 0.384 e. The number of nitrogens with zero attached hydrogens (tertiary/aromatic N) is 2. The molecule has 2 heterocycles. The molecule has 3 rings (SSSR count). The maximum atomic E-state index is 12.3. The molecule has 0 radical (unpaired) electrons. The molecule has 5 N–H and O–H groups in total. The third kappa shape index (κ3) is 6.24. The van der Waals surface area contributed by atoms with Crippen LogP contribution in [0.5, 0.6) is 0 Å². The van der Waals surface area contributed by atoms with Gasteiger partial charge in [0.2, 0.25) is 0 Å². The summed E-state index contributed by atoms with van der Waals surface area (Å²) in [6.07, 6.45) is 1.62. The first-order valence-corrected chi connectivity index (χ1v) is 10.4. The predicted octanol–water partition coefficient (Wildman–Crippen LogP) is 2.79. The van der Waals surface area contributed by atoms with Crippen molar-refractivity contribution in [3.05, 3.63) is 58.7 Å². The molecule has 0 fully saturated rings. The number of nitrogen functional groups attached to an aromatic ring is 1. The van der Waals surface area contributed by atoms with Crippen molar-refractivity contribution < 1.29 is 14.3 Å². The normalized spacial score (nSPS) is 10.5. The van der Waals surface area contributed by atoms with Gasteiger partial charge in [-0.2, -0.15) is 0 Å². The fourth-order valence-corrected chi connectivity index (χ4v) is 3.66. The van der Waals surface area contributed by atoms with Crippen molar-refractivity contribution in [1.82, 2.24) is 20.6 Å². The number of aromatic nitrogens is 2. The second-order valence-corrected chi connectivity index (χ2v) is 7.66. The lowest BCUT2D eigenvalue weighted by Gasteiger charge is -2.08. The number of rotatable bonds is 8. The molecule has 0 bridgehead atoms. The van der Waals surface area contributed by atoms with E-state index in [1.807, 2.05) is 19.1 Å². The smallest absolute Gasteiger partial charge is 0.319 e. The average Bonchev–Trinajstić information content (AvgIpc) is 3.16. The van der Waals surface area contributed by atoms with Crippen LogP contribution in [0.1, 0.15) is 20.9 Å². The Kier molecular flexibility index (Phi) is 7.52. The number of carbonyl (C=O) groups excluding carboxylic acids is 2. The molecule has 0 saturated carbocycles. The lowest BCUT2D eigenvalue weighted by molar-refractivity contribution is 0.0940. The molecule has 0 aliphatic heterocycles. The number of anilines is 2. The van der Waals surface area contributed by atoms with Crippen molar-refractivity contribution in [1.29, 1.82) is 0 Å². The molecular formula is C21H24N6O3S. The first-order chi connectivity index (χ1) is 15.0. The van der Waals surface area contributed by atoms with E-state index in [2.05, 4.69) is 25.9 Å². The summed E-state index contributed by atoms with van der Waals surface area (Å²) in [6.45, 7) is 3.04. The topological polar surface area (TPSA) is 131 Å². The van der Waals surface area contributed by atoms with Crippen LogP contribution in [0.3, 0.4) is 0 Å². The molecule has 162 valence electrons. The minimum absolute atomic E-state index is 0.162. The van der Waals surface area contributed by atoms with Crippen LogP contribution in [0.25, 0.3) is 10.6 Å². The van der Waals surface area contributed by atoms with Gasteiger partial charge in [-0.15, -0.1) is 11.3 Å². The summed E-state index contributed by atoms with van der Waals surface area (Å²) in [5.74, 6) is 0.270. The second-order valence-electron chi connectivity index (χ2n) is 6.66. The first-order valence-electron chi connectivity index (χ1n) is 9.56. The van der Waals surface area contributed by atoms with E-state index in [-0.39, 0.29) is 11.9 Å². The van der Waals surface area contributed by atoms with Crippen LogP contribution in [0.4, 0.5) is 16.3 Å². The van der Waals surface area contributed by atoms with Gasteiger partial charge in [0.15, 0.2) is 0 Å². The van der Waals surface area contributed by atoms with E-state index in [0.717, 1.165) is 16.1 Å². The minimum Gasteiger partial charge on any atom is -0.384 e. The van der Waals surface area contributed by atoms with Gasteiger partial charge in [0, 0.05) is 37.6 Å². The van der Waals surface area contributed by atoms with E-state index in [1.54, 1.807) is 37.6 Å². The number of methoxy groups -OCH3 is 1. The lowest BCUT2D eigenvalue weighted by Crippen LogP contribution is -2.28. The van der Waals surface area contributed by atoms with Gasteiger partial charge >= 0.3 is 6.03 Å². The van der Waals surface area contributed by atoms with Crippen LogP contribution >= 0.6 is 11.3 Å². The Hall–Kier alpha value is -3.50. The van der Waals surface area contributed by atoms with Crippen molar-refractivity contribution in [2.75, 3.05) is 31.3 Å². The maximum absolute atomic E-state index is 12.3. The van der Waals surface area contributed by atoms with Crippen LogP contribution in [-0.2, 0) is 11.3 Å². The number of benzene rings is 1. The summed E-state index contributed by atoms with van der Waals surface area (Å²) < 4.78 is 4.94. The van der Waals surface area contributed by atoms with E-state index < -0.39 is 0 Å². The SMILES string of the molecule is COCCNC(=O)c1sc(-c2ccc(NC(=O)NCc3ccc(N)nc3)cc2)nc1C. The predicted molar refractivity (Wildman–Crippen MR) is 121 cm³/mol. The average molecular weight is 441 g/mol. The number of carbonyl (C=O) groups is 2. The number of amides is 3. The van der Waals surface area contributed by atoms with Gasteiger partial charge in [-0.05, 0) is 42.8 Å². The van der Waals surface area contributed by atoms with Gasteiger partial charge in [0.25, 0.3) is 5.91 Å². The highest BCUT2D eigenvalue weighted by atomic mass is 32.1. The lowest BCUT2D eigenvalue weighted by atomic mass is 10.2. The Labute approximate surface area is 184 Å². The van der Waals surface area contributed by atoms with Crippen LogP contribution in [0.15, 0.2) is 42.6 Å². The summed E-state index contributed by atoms with van der Waals surface area (Å²) >= 11 is 1.33. The Morgan fingerprint density at radius 2 is 1.90 bits per heavy atom. The molecule has 0 aliphatic rings. The van der Waals surface area contributed by atoms with Crippen LogP contribution in [0, 0.1) is 6.92 Å². The number of nitrogens with one attached hydrogen (secondary N) is 3. The van der Waals surface area contributed by atoms with E-state index in [9.17, 15) is 9.59 Å². The first kappa shape index (κ1) is 22.2. The van der Waals surface area contributed by atoms with Gasteiger partial charge in [0.05, 0.1) is 12.3 Å². The van der Waals surface area contributed by atoms with Gasteiger partial charge in [0.1, 0.15) is 15.7 Å². The summed E-state index contributed by atoms with van der Waals surface area (Å²) in [7, 11) is 1.59. The highest BCUT2D eigenvalue weighted by Crippen LogP contribution is 2.28. The highest BCUT2D eigenvalue weighted by molar-refractivity contribution is 7.17. The van der Waals surface area contributed by atoms with Crippen LogP contribution < -0.4 is 21.7 Å². The molecule has 10 heteroatoms. The van der Waals surface area contributed by atoms with E-state index in [0.29, 0.717) is 41.8 Å². The highest BCUT2D eigenvalue weighted by Gasteiger charge is 2.16. The minimum atomic E-state index is -0.329. The summed E-state index contributed by atoms with van der Waals surface area (Å²) in [6, 6.07) is 10.4. The molecule has 0 unspecified atom stereocenters. The van der Waals surface area contributed by atoms with Crippen molar-refractivity contribution >= 4 is 34.8 Å². The Bertz CT molecular complexity index is 1030. The molecule has 0 atom stereocenters.